The van der Waals surface area contributed by atoms with Gasteiger partial charge in [-0.3, -0.25) is 19.9 Å². The van der Waals surface area contributed by atoms with E-state index in [9.17, 15) is 33.5 Å². The zero-order valence-corrected chi connectivity index (χ0v) is 17.1. The number of benzene rings is 1. The number of aliphatic hydroxyl groups is 2. The van der Waals surface area contributed by atoms with Crippen LogP contribution in [0.15, 0.2) is 41.3 Å². The second kappa shape index (κ2) is 10.8. The van der Waals surface area contributed by atoms with Gasteiger partial charge in [-0.15, -0.1) is 0 Å². The van der Waals surface area contributed by atoms with Gasteiger partial charge in [-0.25, -0.2) is 8.42 Å². The zero-order valence-electron chi connectivity index (χ0n) is 16.2. The maximum absolute atomic E-state index is 13.0. The van der Waals surface area contributed by atoms with Crippen LogP contribution in [-0.2, 0) is 28.0 Å². The molecule has 0 bridgehead atoms. The molecule has 13 heteroatoms. The number of pyridine rings is 1. The van der Waals surface area contributed by atoms with Gasteiger partial charge in [0.2, 0.25) is 10.0 Å². The number of sulfonamides is 1. The third-order valence-electron chi connectivity index (χ3n) is 4.09. The topological polar surface area (TPSA) is 180 Å². The predicted molar refractivity (Wildman–Crippen MR) is 106 cm³/mol. The van der Waals surface area contributed by atoms with Gasteiger partial charge in [0, 0.05) is 31.3 Å². The van der Waals surface area contributed by atoms with Crippen molar-refractivity contribution in [1.82, 2.24) is 9.29 Å². The van der Waals surface area contributed by atoms with Crippen LogP contribution in [0.2, 0.25) is 0 Å². The number of hydrogen-bond acceptors (Lipinski definition) is 9. The summed E-state index contributed by atoms with van der Waals surface area (Å²) in [7, 11) is -4.40. The number of nitro benzene ring substituents is 1. The molecule has 0 amide bonds. The fraction of sp³-hybridized carbons (Fsp3) is 0.333. The van der Waals surface area contributed by atoms with Crippen molar-refractivity contribution in [2.24, 2.45) is 0 Å². The highest BCUT2D eigenvalue weighted by molar-refractivity contribution is 7.89. The summed E-state index contributed by atoms with van der Waals surface area (Å²) in [6, 6.07) is 7.57. The monoisotopic (exact) mass is 455 g/mol. The highest BCUT2D eigenvalue weighted by Crippen LogP contribution is 2.26. The molecule has 1 heterocycles. The molecule has 0 saturated carbocycles. The van der Waals surface area contributed by atoms with Gasteiger partial charge in [0.1, 0.15) is 12.4 Å². The number of aliphatic carboxylic acids is 1. The molecular weight excluding hydrogens is 434 g/mol. The molecule has 2 aromatic rings. The number of carboxylic acids is 1. The van der Waals surface area contributed by atoms with E-state index < -0.39 is 57.7 Å². The largest absolute Gasteiger partial charge is 0.492 e. The van der Waals surface area contributed by atoms with Crippen LogP contribution in [0.3, 0.4) is 0 Å². The molecule has 1 aromatic carbocycles. The molecule has 31 heavy (non-hydrogen) atoms. The van der Waals surface area contributed by atoms with Gasteiger partial charge in [-0.2, -0.15) is 4.31 Å². The van der Waals surface area contributed by atoms with Gasteiger partial charge in [0.05, 0.1) is 35.9 Å². The first-order valence-electron chi connectivity index (χ1n) is 8.98. The summed E-state index contributed by atoms with van der Waals surface area (Å²) in [6.07, 6.45) is -0.515. The Morgan fingerprint density at radius 2 is 1.74 bits per heavy atom. The van der Waals surface area contributed by atoms with Crippen molar-refractivity contribution in [3.8, 4) is 5.75 Å². The van der Waals surface area contributed by atoms with E-state index in [1.807, 2.05) is 0 Å². The minimum absolute atomic E-state index is 0.212. The van der Waals surface area contributed by atoms with Crippen LogP contribution in [0, 0.1) is 10.1 Å². The number of hydrogen-bond donors (Lipinski definition) is 3. The van der Waals surface area contributed by atoms with Crippen molar-refractivity contribution in [1.29, 1.82) is 0 Å². The number of aliphatic hydroxyl groups excluding tert-OH is 2. The Morgan fingerprint density at radius 3 is 2.29 bits per heavy atom. The maximum atomic E-state index is 13.0. The van der Waals surface area contributed by atoms with E-state index >= 15 is 0 Å². The minimum Gasteiger partial charge on any atom is -0.492 e. The molecule has 3 N–H and O–H groups in total. The lowest BCUT2D eigenvalue weighted by molar-refractivity contribution is -0.387. The highest BCUT2D eigenvalue weighted by Gasteiger charge is 2.31. The quantitative estimate of drug-likeness (QED) is 0.301. The first-order chi connectivity index (χ1) is 14.7. The minimum atomic E-state index is -4.40. The van der Waals surface area contributed by atoms with Crippen molar-refractivity contribution in [2.75, 3.05) is 19.7 Å². The average molecular weight is 455 g/mol. The Balaban J connectivity index is 2.25. The standard InChI is InChI=1S/C18H21N3O9S/c22-11-13-9-15(10-14(12-23)19-13)30-8-7-20(6-5-18(24)25)31(28,29)17-4-2-1-3-16(17)21(26)27/h1-4,9-10,22-23H,5-8,11-12H2,(H,24,25). The van der Waals surface area contributed by atoms with E-state index in [2.05, 4.69) is 4.98 Å². The summed E-state index contributed by atoms with van der Waals surface area (Å²) >= 11 is 0. The number of nitro groups is 1. The number of rotatable bonds is 12. The molecule has 0 unspecified atom stereocenters. The molecule has 168 valence electrons. The predicted octanol–water partition coefficient (Wildman–Crippen LogP) is 0.519. The second-order valence-corrected chi connectivity index (χ2v) is 8.13. The number of carbonyl (C=O) groups is 1. The Morgan fingerprint density at radius 1 is 1.13 bits per heavy atom. The summed E-state index contributed by atoms with van der Waals surface area (Å²) < 4.78 is 32.3. The van der Waals surface area contributed by atoms with Gasteiger partial charge >= 0.3 is 5.97 Å². The number of carboxylic acid groups (broad SMARTS) is 1. The molecule has 2 rings (SSSR count). The molecule has 0 saturated heterocycles. The molecule has 0 aliphatic carbocycles. The van der Waals surface area contributed by atoms with Crippen LogP contribution in [0.5, 0.6) is 5.75 Å². The Kier molecular flexibility index (Phi) is 8.38. The van der Waals surface area contributed by atoms with Crippen LogP contribution in [0.25, 0.3) is 0 Å². The van der Waals surface area contributed by atoms with Crippen LogP contribution >= 0.6 is 0 Å². The third kappa shape index (κ3) is 6.42. The molecule has 0 atom stereocenters. The van der Waals surface area contributed by atoms with E-state index in [0.29, 0.717) is 0 Å². The maximum Gasteiger partial charge on any atom is 0.304 e. The second-order valence-electron chi connectivity index (χ2n) is 6.22. The van der Waals surface area contributed by atoms with E-state index in [1.165, 1.54) is 24.3 Å². The van der Waals surface area contributed by atoms with Gasteiger partial charge < -0.3 is 20.1 Å². The number of ether oxygens (including phenoxy) is 1. The lowest BCUT2D eigenvalue weighted by Crippen LogP contribution is -2.36. The summed E-state index contributed by atoms with van der Waals surface area (Å²) in [5.41, 5.74) is -0.160. The molecule has 0 radical (unpaired) electrons. The van der Waals surface area contributed by atoms with Crippen LogP contribution in [0.1, 0.15) is 17.8 Å². The van der Waals surface area contributed by atoms with Crippen molar-refractivity contribution < 1.29 is 38.2 Å². The summed E-state index contributed by atoms with van der Waals surface area (Å²) in [4.78, 5) is 24.8. The van der Waals surface area contributed by atoms with Crippen LogP contribution in [-0.4, -0.2) is 63.6 Å². The summed E-state index contributed by atoms with van der Waals surface area (Å²) in [5.74, 6) is -1.03. The van der Waals surface area contributed by atoms with E-state index in [4.69, 9.17) is 9.84 Å². The summed E-state index contributed by atoms with van der Waals surface area (Å²) in [5, 5.41) is 38.6. The van der Waals surface area contributed by atoms with Crippen molar-refractivity contribution >= 4 is 21.7 Å². The molecule has 0 aliphatic rings. The van der Waals surface area contributed by atoms with Crippen molar-refractivity contribution in [3.63, 3.8) is 0 Å². The Bertz CT molecular complexity index is 1020. The van der Waals surface area contributed by atoms with Gasteiger partial charge in [-0.1, -0.05) is 12.1 Å². The number of nitrogens with zero attached hydrogens (tertiary/aromatic N) is 3. The van der Waals surface area contributed by atoms with Gasteiger partial charge in [0.25, 0.3) is 5.69 Å². The third-order valence-corrected chi connectivity index (χ3v) is 6.04. The molecule has 12 nitrogen and oxygen atoms in total. The fourth-order valence-corrected chi connectivity index (χ4v) is 4.25. The molecule has 0 aliphatic heterocycles. The van der Waals surface area contributed by atoms with Crippen molar-refractivity contribution in [2.45, 2.75) is 24.5 Å². The smallest absolute Gasteiger partial charge is 0.304 e. The number of para-hydroxylation sites is 1. The normalized spacial score (nSPS) is 11.5. The molecular formula is C18H21N3O9S. The Labute approximate surface area is 177 Å². The number of aromatic nitrogens is 1. The van der Waals surface area contributed by atoms with E-state index in [1.54, 1.807) is 0 Å². The lowest BCUT2D eigenvalue weighted by atomic mass is 10.3. The lowest BCUT2D eigenvalue weighted by Gasteiger charge is -2.21. The van der Waals surface area contributed by atoms with Gasteiger partial charge in [0.15, 0.2) is 4.90 Å². The molecule has 1 aromatic heterocycles. The zero-order chi connectivity index (χ0) is 23.0. The average Bonchev–Trinajstić information content (AvgIpc) is 2.75. The van der Waals surface area contributed by atoms with E-state index in [-0.39, 0.29) is 30.3 Å². The highest BCUT2D eigenvalue weighted by atomic mass is 32.2. The van der Waals surface area contributed by atoms with Crippen LogP contribution in [0.4, 0.5) is 5.69 Å². The SMILES string of the molecule is O=C(O)CCN(CCOc1cc(CO)nc(CO)c1)S(=O)(=O)c1ccccc1[N+](=O)[O-]. The first kappa shape index (κ1) is 24.1. The molecule has 0 fully saturated rings. The van der Waals surface area contributed by atoms with Crippen molar-refractivity contribution in [3.05, 3.63) is 57.9 Å². The fourth-order valence-electron chi connectivity index (χ4n) is 2.67. The van der Waals surface area contributed by atoms with Crippen LogP contribution < -0.4 is 4.74 Å². The summed E-state index contributed by atoms with van der Waals surface area (Å²) in [6.45, 7) is -1.75. The molecule has 0 spiro atoms. The first-order valence-corrected chi connectivity index (χ1v) is 10.4. The van der Waals surface area contributed by atoms with Gasteiger partial charge in [-0.05, 0) is 6.07 Å². The Hall–Kier alpha value is -3.13. The van der Waals surface area contributed by atoms with E-state index in [0.717, 1.165) is 16.4 Å².